The number of aromatic amines is 1. The van der Waals surface area contributed by atoms with Crippen molar-refractivity contribution in [1.29, 1.82) is 0 Å². The molecule has 2 rings (SSSR count). The van der Waals surface area contributed by atoms with Gasteiger partial charge in [-0.05, 0) is 12.1 Å². The van der Waals surface area contributed by atoms with E-state index in [2.05, 4.69) is 4.98 Å². The van der Waals surface area contributed by atoms with Crippen molar-refractivity contribution in [3.05, 3.63) is 36.0 Å². The summed E-state index contributed by atoms with van der Waals surface area (Å²) in [5.41, 5.74) is 6.53. The van der Waals surface area contributed by atoms with Gasteiger partial charge in [0.05, 0.1) is 11.1 Å². The Morgan fingerprint density at radius 2 is 2.08 bits per heavy atom. The summed E-state index contributed by atoms with van der Waals surface area (Å²) in [5, 5.41) is 1.01. The molecular formula is C9H9ClN2O. The number of hydrogen-bond donors (Lipinski definition) is 2. The Labute approximate surface area is 81.3 Å². The van der Waals surface area contributed by atoms with Crippen LogP contribution in [0.15, 0.2) is 30.5 Å². The summed E-state index contributed by atoms with van der Waals surface area (Å²) in [6.45, 7) is 0. The van der Waals surface area contributed by atoms with Crippen molar-refractivity contribution in [3.63, 3.8) is 0 Å². The number of nitrogens with one attached hydrogen (secondary N) is 1. The summed E-state index contributed by atoms with van der Waals surface area (Å²) in [6, 6.07) is 7.36. The van der Waals surface area contributed by atoms with E-state index in [1.165, 1.54) is 0 Å². The van der Waals surface area contributed by atoms with Crippen LogP contribution in [0.5, 0.6) is 0 Å². The molecule has 0 aliphatic rings. The highest BCUT2D eigenvalue weighted by atomic mass is 35.5. The number of amides is 1. The zero-order valence-corrected chi connectivity index (χ0v) is 7.60. The lowest BCUT2D eigenvalue weighted by atomic mass is 10.1. The summed E-state index contributed by atoms with van der Waals surface area (Å²) in [4.78, 5) is 13.9. The van der Waals surface area contributed by atoms with E-state index in [4.69, 9.17) is 5.73 Å². The minimum absolute atomic E-state index is 0. The summed E-state index contributed by atoms with van der Waals surface area (Å²) < 4.78 is 0. The number of primary amides is 1. The van der Waals surface area contributed by atoms with Crippen molar-refractivity contribution in [2.75, 3.05) is 0 Å². The minimum Gasteiger partial charge on any atom is -0.366 e. The Morgan fingerprint density at radius 3 is 2.77 bits per heavy atom. The molecule has 0 saturated carbocycles. The molecule has 1 aromatic carbocycles. The van der Waals surface area contributed by atoms with Gasteiger partial charge >= 0.3 is 0 Å². The standard InChI is InChI=1S/C9H8N2O.ClH/c10-9(12)7-3-1-2-6-4-5-11-8(6)7;/h1-5,11H,(H2,10,12);1H. The Hall–Kier alpha value is -1.48. The van der Waals surface area contributed by atoms with Crippen LogP contribution in [-0.4, -0.2) is 10.9 Å². The molecular weight excluding hydrogens is 188 g/mol. The molecule has 0 saturated heterocycles. The van der Waals surface area contributed by atoms with Crippen molar-refractivity contribution in [3.8, 4) is 0 Å². The normalized spacial score (nSPS) is 9.54. The predicted octanol–water partition coefficient (Wildman–Crippen LogP) is 1.69. The number of aromatic nitrogens is 1. The van der Waals surface area contributed by atoms with E-state index in [1.54, 1.807) is 12.3 Å². The Morgan fingerprint density at radius 1 is 1.31 bits per heavy atom. The first-order valence-electron chi connectivity index (χ1n) is 3.65. The molecule has 3 N–H and O–H groups in total. The number of H-pyrrole nitrogens is 1. The van der Waals surface area contributed by atoms with Crippen molar-refractivity contribution >= 4 is 29.2 Å². The first kappa shape index (κ1) is 9.61. The van der Waals surface area contributed by atoms with Crippen LogP contribution in [0.25, 0.3) is 10.9 Å². The van der Waals surface area contributed by atoms with Gasteiger partial charge in [0.25, 0.3) is 5.91 Å². The number of hydrogen-bond acceptors (Lipinski definition) is 1. The summed E-state index contributed by atoms with van der Waals surface area (Å²) in [5.74, 6) is -0.400. The number of nitrogens with two attached hydrogens (primary N) is 1. The number of halogens is 1. The molecule has 0 aliphatic heterocycles. The summed E-state index contributed by atoms with van der Waals surface area (Å²) in [6.07, 6.45) is 1.79. The van der Waals surface area contributed by atoms with Crippen molar-refractivity contribution in [2.45, 2.75) is 0 Å². The van der Waals surface area contributed by atoms with Gasteiger partial charge in [0.1, 0.15) is 0 Å². The van der Waals surface area contributed by atoms with Gasteiger partial charge in [0.2, 0.25) is 0 Å². The fraction of sp³-hybridized carbons (Fsp3) is 0. The van der Waals surface area contributed by atoms with E-state index >= 15 is 0 Å². The first-order chi connectivity index (χ1) is 5.79. The third kappa shape index (κ3) is 1.51. The molecule has 4 heteroatoms. The molecule has 0 unspecified atom stereocenters. The highest BCUT2D eigenvalue weighted by Gasteiger charge is 2.05. The largest absolute Gasteiger partial charge is 0.366 e. The van der Waals surface area contributed by atoms with Gasteiger partial charge in [-0.1, -0.05) is 12.1 Å². The van der Waals surface area contributed by atoms with Crippen LogP contribution in [0.4, 0.5) is 0 Å². The van der Waals surface area contributed by atoms with Crippen LogP contribution < -0.4 is 5.73 Å². The molecule has 0 atom stereocenters. The third-order valence-electron chi connectivity index (χ3n) is 1.85. The highest BCUT2D eigenvalue weighted by molar-refractivity contribution is 6.04. The fourth-order valence-corrected chi connectivity index (χ4v) is 1.29. The zero-order chi connectivity index (χ0) is 8.55. The van der Waals surface area contributed by atoms with Gasteiger partial charge in [0.15, 0.2) is 0 Å². The average molecular weight is 197 g/mol. The quantitative estimate of drug-likeness (QED) is 0.717. The Balaban J connectivity index is 0.000000845. The maximum absolute atomic E-state index is 10.9. The van der Waals surface area contributed by atoms with Crippen LogP contribution in [0, 0.1) is 0 Å². The van der Waals surface area contributed by atoms with Crippen LogP contribution in [-0.2, 0) is 0 Å². The lowest BCUT2D eigenvalue weighted by molar-refractivity contribution is 0.100. The van der Waals surface area contributed by atoms with E-state index in [9.17, 15) is 4.79 Å². The fourth-order valence-electron chi connectivity index (χ4n) is 1.29. The molecule has 0 spiro atoms. The molecule has 1 heterocycles. The summed E-state index contributed by atoms with van der Waals surface area (Å²) >= 11 is 0. The predicted molar refractivity (Wildman–Crippen MR) is 54.1 cm³/mol. The maximum atomic E-state index is 10.9. The van der Waals surface area contributed by atoms with E-state index in [0.29, 0.717) is 5.56 Å². The van der Waals surface area contributed by atoms with Gasteiger partial charge in [-0.3, -0.25) is 4.79 Å². The molecule has 0 aliphatic carbocycles. The highest BCUT2D eigenvalue weighted by Crippen LogP contribution is 2.15. The van der Waals surface area contributed by atoms with Crippen LogP contribution >= 0.6 is 12.4 Å². The number of carbonyl (C=O) groups excluding carboxylic acids is 1. The Kier molecular flexibility index (Phi) is 2.58. The molecule has 3 nitrogen and oxygen atoms in total. The van der Waals surface area contributed by atoms with Crippen molar-refractivity contribution < 1.29 is 4.79 Å². The first-order valence-corrected chi connectivity index (χ1v) is 3.65. The second kappa shape index (κ2) is 3.49. The molecule has 1 aromatic heterocycles. The van der Waals surface area contributed by atoms with Crippen LogP contribution in [0.2, 0.25) is 0 Å². The van der Waals surface area contributed by atoms with Gasteiger partial charge < -0.3 is 10.7 Å². The molecule has 68 valence electrons. The molecule has 0 fully saturated rings. The number of benzene rings is 1. The molecule has 2 aromatic rings. The Bertz CT molecular complexity index is 436. The minimum atomic E-state index is -0.400. The molecule has 0 radical (unpaired) electrons. The van der Waals surface area contributed by atoms with Gasteiger partial charge in [-0.25, -0.2) is 0 Å². The van der Waals surface area contributed by atoms with E-state index in [0.717, 1.165) is 10.9 Å². The van der Waals surface area contributed by atoms with E-state index < -0.39 is 5.91 Å². The maximum Gasteiger partial charge on any atom is 0.250 e. The molecule has 0 bridgehead atoms. The SMILES string of the molecule is Cl.NC(=O)c1cccc2cc[nH]c12. The topological polar surface area (TPSA) is 58.9 Å². The second-order valence-corrected chi connectivity index (χ2v) is 2.61. The van der Waals surface area contributed by atoms with E-state index in [1.807, 2.05) is 18.2 Å². The van der Waals surface area contributed by atoms with Gasteiger partial charge in [0, 0.05) is 11.6 Å². The monoisotopic (exact) mass is 196 g/mol. The van der Waals surface area contributed by atoms with Crippen LogP contribution in [0.3, 0.4) is 0 Å². The number of fused-ring (bicyclic) bond motifs is 1. The lowest BCUT2D eigenvalue weighted by Gasteiger charge is -1.96. The van der Waals surface area contributed by atoms with Crippen molar-refractivity contribution in [2.24, 2.45) is 5.73 Å². The zero-order valence-electron chi connectivity index (χ0n) is 6.78. The van der Waals surface area contributed by atoms with Gasteiger partial charge in [-0.2, -0.15) is 0 Å². The van der Waals surface area contributed by atoms with Gasteiger partial charge in [-0.15, -0.1) is 12.4 Å². The lowest BCUT2D eigenvalue weighted by Crippen LogP contribution is -2.11. The summed E-state index contributed by atoms with van der Waals surface area (Å²) in [7, 11) is 0. The number of rotatable bonds is 1. The van der Waals surface area contributed by atoms with E-state index in [-0.39, 0.29) is 12.4 Å². The molecule has 13 heavy (non-hydrogen) atoms. The number of carbonyl (C=O) groups is 1. The number of para-hydroxylation sites is 1. The van der Waals surface area contributed by atoms with Crippen LogP contribution in [0.1, 0.15) is 10.4 Å². The van der Waals surface area contributed by atoms with Crippen molar-refractivity contribution in [1.82, 2.24) is 4.98 Å². The third-order valence-corrected chi connectivity index (χ3v) is 1.85. The second-order valence-electron chi connectivity index (χ2n) is 2.61. The smallest absolute Gasteiger partial charge is 0.250 e. The molecule has 1 amide bonds. The average Bonchev–Trinajstić information content (AvgIpc) is 2.49.